The molecule has 0 bridgehead atoms. The van der Waals surface area contributed by atoms with Gasteiger partial charge in [-0.15, -0.1) is 0 Å². The van der Waals surface area contributed by atoms with Crippen LogP contribution in [0.4, 0.5) is 17.2 Å². The molecule has 0 aliphatic heterocycles. The number of amides is 1. The number of pyridine rings is 1. The third kappa shape index (κ3) is 5.20. The number of hydrogen-bond donors (Lipinski definition) is 2. The lowest BCUT2D eigenvalue weighted by Crippen LogP contribution is -2.12. The molecule has 7 nitrogen and oxygen atoms in total. The summed E-state index contributed by atoms with van der Waals surface area (Å²) in [7, 11) is 0. The highest BCUT2D eigenvalue weighted by Gasteiger charge is 2.03. The van der Waals surface area contributed by atoms with Crippen molar-refractivity contribution >= 4 is 29.2 Å². The van der Waals surface area contributed by atoms with Gasteiger partial charge in [-0.3, -0.25) is 14.9 Å². The maximum Gasteiger partial charge on any atom is 0.269 e. The Hall–Kier alpha value is -3.22. The van der Waals surface area contributed by atoms with Crippen LogP contribution in [-0.4, -0.2) is 21.9 Å². The molecule has 0 fully saturated rings. The number of benzene rings is 1. The van der Waals surface area contributed by atoms with Gasteiger partial charge in [-0.1, -0.05) is 0 Å². The summed E-state index contributed by atoms with van der Waals surface area (Å²) in [5.41, 5.74) is 1.30. The third-order valence-electron chi connectivity index (χ3n) is 3.00. The highest BCUT2D eigenvalue weighted by molar-refractivity contribution is 6.01. The number of aromatic nitrogens is 1. The summed E-state index contributed by atoms with van der Waals surface area (Å²) in [6, 6.07) is 9.77. The Kier molecular flexibility index (Phi) is 5.62. The van der Waals surface area contributed by atoms with Gasteiger partial charge in [0.1, 0.15) is 5.82 Å². The van der Waals surface area contributed by atoms with Crippen LogP contribution in [0, 0.1) is 10.1 Å². The van der Waals surface area contributed by atoms with Gasteiger partial charge in [0.05, 0.1) is 16.8 Å². The largest absolute Gasteiger partial charge is 0.368 e. The fourth-order valence-corrected chi connectivity index (χ4v) is 1.91. The Morgan fingerprint density at radius 3 is 2.46 bits per heavy atom. The number of carbonyl (C=O) groups is 1. The Morgan fingerprint density at radius 2 is 1.92 bits per heavy atom. The van der Waals surface area contributed by atoms with Crippen LogP contribution in [0.15, 0.2) is 48.7 Å². The zero-order valence-electron chi connectivity index (χ0n) is 13.4. The molecular weight excluding hydrogens is 308 g/mol. The number of non-ortho nitro benzene ring substituents is 1. The summed E-state index contributed by atoms with van der Waals surface area (Å²) in [4.78, 5) is 26.2. The molecule has 24 heavy (non-hydrogen) atoms. The molecule has 0 saturated heterocycles. The molecule has 0 saturated carbocycles. The first-order valence-corrected chi connectivity index (χ1v) is 7.40. The van der Waals surface area contributed by atoms with E-state index in [-0.39, 0.29) is 17.6 Å². The van der Waals surface area contributed by atoms with Crippen molar-refractivity contribution in [1.82, 2.24) is 4.98 Å². The van der Waals surface area contributed by atoms with E-state index in [4.69, 9.17) is 0 Å². The number of nitrogens with one attached hydrogen (secondary N) is 2. The van der Waals surface area contributed by atoms with Crippen molar-refractivity contribution in [2.24, 2.45) is 0 Å². The highest BCUT2D eigenvalue weighted by atomic mass is 16.6. The van der Waals surface area contributed by atoms with Gasteiger partial charge in [-0.05, 0) is 49.8 Å². The van der Waals surface area contributed by atoms with E-state index in [0.717, 1.165) is 5.82 Å². The monoisotopic (exact) mass is 326 g/mol. The fourth-order valence-electron chi connectivity index (χ4n) is 1.91. The van der Waals surface area contributed by atoms with Crippen LogP contribution in [0.1, 0.15) is 19.4 Å². The number of nitro groups is 1. The van der Waals surface area contributed by atoms with Gasteiger partial charge in [0.25, 0.3) is 5.69 Å². The minimum absolute atomic E-state index is 0.0118. The predicted octanol–water partition coefficient (Wildman–Crippen LogP) is 3.46. The quantitative estimate of drug-likeness (QED) is 0.481. The normalized spacial score (nSPS) is 10.8. The summed E-state index contributed by atoms with van der Waals surface area (Å²) in [5.74, 6) is 0.434. The number of anilines is 2. The van der Waals surface area contributed by atoms with E-state index in [1.165, 1.54) is 18.2 Å². The maximum atomic E-state index is 11.9. The van der Waals surface area contributed by atoms with Crippen molar-refractivity contribution in [3.63, 3.8) is 0 Å². The molecule has 1 aromatic heterocycles. The Morgan fingerprint density at radius 1 is 1.21 bits per heavy atom. The van der Waals surface area contributed by atoms with Gasteiger partial charge in [-0.25, -0.2) is 4.98 Å². The summed E-state index contributed by atoms with van der Waals surface area (Å²) in [6.07, 6.45) is 4.52. The maximum absolute atomic E-state index is 11.9. The Balaban J connectivity index is 1.93. The average molecular weight is 326 g/mol. The first-order chi connectivity index (χ1) is 11.4. The topological polar surface area (TPSA) is 97.2 Å². The van der Waals surface area contributed by atoms with E-state index in [0.29, 0.717) is 11.3 Å². The summed E-state index contributed by atoms with van der Waals surface area (Å²) < 4.78 is 0. The molecule has 0 radical (unpaired) electrons. The van der Waals surface area contributed by atoms with E-state index < -0.39 is 4.92 Å². The van der Waals surface area contributed by atoms with Gasteiger partial charge in [0.2, 0.25) is 5.91 Å². The van der Waals surface area contributed by atoms with Crippen LogP contribution in [-0.2, 0) is 4.79 Å². The molecular formula is C17H18N4O3. The lowest BCUT2D eigenvalue weighted by Gasteiger charge is -2.09. The SMILES string of the molecule is CC(C)Nc1ccc(NC(=O)/C=C/c2ccc([N+](=O)[O-])cc2)cn1. The van der Waals surface area contributed by atoms with Gasteiger partial charge in [0.15, 0.2) is 0 Å². The number of rotatable bonds is 6. The van der Waals surface area contributed by atoms with Crippen molar-refractivity contribution in [1.29, 1.82) is 0 Å². The van der Waals surface area contributed by atoms with Crippen LogP contribution < -0.4 is 10.6 Å². The van der Waals surface area contributed by atoms with Crippen LogP contribution in [0.5, 0.6) is 0 Å². The lowest BCUT2D eigenvalue weighted by atomic mass is 10.2. The molecule has 124 valence electrons. The van der Waals surface area contributed by atoms with Crippen LogP contribution in [0.3, 0.4) is 0 Å². The standard InChI is InChI=1S/C17H18N4O3/c1-12(2)19-16-9-6-14(11-18-16)20-17(22)10-5-13-3-7-15(8-4-13)21(23)24/h3-12H,1-2H3,(H,18,19)(H,20,22)/b10-5+. The molecule has 1 amide bonds. The molecule has 0 atom stereocenters. The van der Waals surface area contributed by atoms with Crippen LogP contribution in [0.2, 0.25) is 0 Å². The first kappa shape index (κ1) is 17.1. The molecule has 0 aliphatic carbocycles. The van der Waals surface area contributed by atoms with Crippen molar-refractivity contribution in [2.75, 3.05) is 10.6 Å². The molecule has 7 heteroatoms. The van der Waals surface area contributed by atoms with E-state index in [1.807, 2.05) is 13.8 Å². The van der Waals surface area contributed by atoms with Gasteiger partial charge in [0, 0.05) is 24.3 Å². The number of nitro benzene ring substituents is 1. The second kappa shape index (κ2) is 7.87. The second-order valence-corrected chi connectivity index (χ2v) is 5.40. The van der Waals surface area contributed by atoms with E-state index >= 15 is 0 Å². The van der Waals surface area contributed by atoms with Crippen molar-refractivity contribution in [3.8, 4) is 0 Å². The average Bonchev–Trinajstić information content (AvgIpc) is 2.54. The molecule has 1 aromatic carbocycles. The van der Waals surface area contributed by atoms with Gasteiger partial charge in [-0.2, -0.15) is 0 Å². The summed E-state index contributed by atoms with van der Waals surface area (Å²) >= 11 is 0. The van der Waals surface area contributed by atoms with E-state index in [1.54, 1.807) is 36.5 Å². The smallest absolute Gasteiger partial charge is 0.269 e. The highest BCUT2D eigenvalue weighted by Crippen LogP contribution is 2.13. The van der Waals surface area contributed by atoms with Crippen molar-refractivity contribution in [2.45, 2.75) is 19.9 Å². The zero-order chi connectivity index (χ0) is 17.5. The number of nitrogens with zero attached hydrogens (tertiary/aromatic N) is 2. The predicted molar refractivity (Wildman–Crippen MR) is 93.8 cm³/mol. The fraction of sp³-hybridized carbons (Fsp3) is 0.176. The Bertz CT molecular complexity index is 737. The van der Waals surface area contributed by atoms with E-state index in [9.17, 15) is 14.9 Å². The van der Waals surface area contributed by atoms with Crippen LogP contribution >= 0.6 is 0 Å². The summed E-state index contributed by atoms with van der Waals surface area (Å²) in [5, 5.41) is 16.4. The molecule has 2 aromatic rings. The minimum atomic E-state index is -0.467. The molecule has 2 rings (SSSR count). The number of hydrogen-bond acceptors (Lipinski definition) is 5. The molecule has 1 heterocycles. The third-order valence-corrected chi connectivity index (χ3v) is 3.00. The second-order valence-electron chi connectivity index (χ2n) is 5.40. The lowest BCUT2D eigenvalue weighted by molar-refractivity contribution is -0.384. The van der Waals surface area contributed by atoms with E-state index in [2.05, 4.69) is 15.6 Å². The Labute approximate surface area is 139 Å². The molecule has 0 unspecified atom stereocenters. The molecule has 2 N–H and O–H groups in total. The first-order valence-electron chi connectivity index (χ1n) is 7.40. The zero-order valence-corrected chi connectivity index (χ0v) is 13.4. The van der Waals surface area contributed by atoms with Crippen molar-refractivity contribution < 1.29 is 9.72 Å². The van der Waals surface area contributed by atoms with Crippen LogP contribution in [0.25, 0.3) is 6.08 Å². The van der Waals surface area contributed by atoms with Gasteiger partial charge < -0.3 is 10.6 Å². The minimum Gasteiger partial charge on any atom is -0.368 e. The number of carbonyl (C=O) groups excluding carboxylic acids is 1. The molecule has 0 aliphatic rings. The molecule has 0 spiro atoms. The van der Waals surface area contributed by atoms with Gasteiger partial charge >= 0.3 is 0 Å². The van der Waals surface area contributed by atoms with Crippen molar-refractivity contribution in [3.05, 3.63) is 64.3 Å². The summed E-state index contributed by atoms with van der Waals surface area (Å²) in [6.45, 7) is 4.03.